The van der Waals surface area contributed by atoms with Crippen molar-refractivity contribution < 1.29 is 14.3 Å². The fraction of sp³-hybridized carbons (Fsp3) is 0.160. The van der Waals surface area contributed by atoms with E-state index in [4.69, 9.17) is 9.47 Å². The molecule has 3 aromatic rings. The highest BCUT2D eigenvalue weighted by Gasteiger charge is 2.20. The number of hydrogen-bond acceptors (Lipinski definition) is 5. The van der Waals surface area contributed by atoms with Crippen LogP contribution in [0.3, 0.4) is 0 Å². The first-order chi connectivity index (χ1) is 15.9. The van der Waals surface area contributed by atoms with Gasteiger partial charge in [-0.15, -0.1) is 0 Å². The molecule has 0 unspecified atom stereocenters. The molecule has 0 fully saturated rings. The van der Waals surface area contributed by atoms with Crippen LogP contribution in [0.15, 0.2) is 70.5 Å². The van der Waals surface area contributed by atoms with Crippen molar-refractivity contribution in [2.24, 2.45) is 7.05 Å². The number of aromatic nitrogens is 2. The van der Waals surface area contributed by atoms with E-state index < -0.39 is 5.91 Å². The van der Waals surface area contributed by atoms with Gasteiger partial charge in [0.15, 0.2) is 0 Å². The van der Waals surface area contributed by atoms with Gasteiger partial charge in [-0.2, -0.15) is 5.26 Å². The molecule has 1 N–H and O–H groups in total. The summed E-state index contributed by atoms with van der Waals surface area (Å²) >= 11 is 0. The summed E-state index contributed by atoms with van der Waals surface area (Å²) in [5.74, 6) is 0.679. The molecule has 0 radical (unpaired) electrons. The predicted molar refractivity (Wildman–Crippen MR) is 125 cm³/mol. The van der Waals surface area contributed by atoms with Crippen LogP contribution < -0.4 is 20.3 Å². The number of carbonyl (C=O) groups excluding carboxylic acids is 1. The van der Waals surface area contributed by atoms with Crippen molar-refractivity contribution in [2.45, 2.75) is 6.92 Å². The van der Waals surface area contributed by atoms with Crippen molar-refractivity contribution in [3.8, 4) is 23.3 Å². The molecule has 2 heterocycles. The number of anilines is 1. The van der Waals surface area contributed by atoms with Gasteiger partial charge in [0, 0.05) is 18.7 Å². The fourth-order valence-corrected chi connectivity index (χ4v) is 3.60. The third-order valence-electron chi connectivity index (χ3n) is 5.44. The SMILES string of the molecule is COc1ccc2c(c1)OCC(/C=C(\C#N)C(=O)Nc1c(C)n(C)n(-c3ccccc3)c1=O)=C2. The number of hydrogen-bond donors (Lipinski definition) is 1. The Morgan fingerprint density at radius 2 is 2.00 bits per heavy atom. The molecular weight excluding hydrogens is 420 g/mol. The summed E-state index contributed by atoms with van der Waals surface area (Å²) < 4.78 is 14.1. The van der Waals surface area contributed by atoms with Gasteiger partial charge in [0.1, 0.15) is 35.4 Å². The van der Waals surface area contributed by atoms with Crippen molar-refractivity contribution >= 4 is 17.7 Å². The zero-order valence-corrected chi connectivity index (χ0v) is 18.5. The van der Waals surface area contributed by atoms with Crippen molar-refractivity contribution in [1.29, 1.82) is 5.26 Å². The van der Waals surface area contributed by atoms with Crippen molar-refractivity contribution in [3.63, 3.8) is 0 Å². The normalized spacial score (nSPS) is 12.8. The Morgan fingerprint density at radius 1 is 1.24 bits per heavy atom. The van der Waals surface area contributed by atoms with Crippen molar-refractivity contribution in [1.82, 2.24) is 9.36 Å². The van der Waals surface area contributed by atoms with E-state index >= 15 is 0 Å². The lowest BCUT2D eigenvalue weighted by molar-refractivity contribution is -0.112. The lowest BCUT2D eigenvalue weighted by Gasteiger charge is -2.17. The van der Waals surface area contributed by atoms with Crippen LogP contribution in [0, 0.1) is 18.3 Å². The zero-order valence-electron chi connectivity index (χ0n) is 18.5. The molecular formula is C25H22N4O4. The third-order valence-corrected chi connectivity index (χ3v) is 5.44. The van der Waals surface area contributed by atoms with Gasteiger partial charge in [-0.05, 0) is 48.9 Å². The van der Waals surface area contributed by atoms with Crippen LogP contribution >= 0.6 is 0 Å². The van der Waals surface area contributed by atoms with Crippen LogP contribution in [-0.4, -0.2) is 29.0 Å². The second kappa shape index (κ2) is 8.93. The van der Waals surface area contributed by atoms with Gasteiger partial charge in [-0.3, -0.25) is 14.3 Å². The maximum Gasteiger partial charge on any atom is 0.295 e. The highest BCUT2D eigenvalue weighted by Crippen LogP contribution is 2.30. The molecule has 166 valence electrons. The molecule has 8 heteroatoms. The van der Waals surface area contributed by atoms with Gasteiger partial charge >= 0.3 is 0 Å². The van der Waals surface area contributed by atoms with E-state index in [2.05, 4.69) is 5.32 Å². The fourth-order valence-electron chi connectivity index (χ4n) is 3.60. The monoisotopic (exact) mass is 442 g/mol. The summed E-state index contributed by atoms with van der Waals surface area (Å²) in [5.41, 5.74) is 2.33. The van der Waals surface area contributed by atoms with Crippen molar-refractivity contribution in [3.05, 3.63) is 87.4 Å². The number of nitrogens with one attached hydrogen (secondary N) is 1. The summed E-state index contributed by atoms with van der Waals surface area (Å²) in [6.45, 7) is 1.93. The van der Waals surface area contributed by atoms with E-state index in [-0.39, 0.29) is 23.4 Å². The van der Waals surface area contributed by atoms with Crippen LogP contribution in [0.25, 0.3) is 11.8 Å². The van der Waals surface area contributed by atoms with Crippen LogP contribution in [-0.2, 0) is 11.8 Å². The number of carbonyl (C=O) groups is 1. The number of methoxy groups -OCH3 is 1. The minimum atomic E-state index is -0.662. The number of nitriles is 1. The molecule has 1 aliphatic heterocycles. The van der Waals surface area contributed by atoms with Gasteiger partial charge in [0.25, 0.3) is 11.5 Å². The number of fused-ring (bicyclic) bond motifs is 1. The van der Waals surface area contributed by atoms with Gasteiger partial charge in [-0.1, -0.05) is 18.2 Å². The first kappa shape index (κ1) is 21.7. The number of para-hydroxylation sites is 1. The Balaban J connectivity index is 1.62. The van der Waals surface area contributed by atoms with E-state index in [1.54, 1.807) is 50.0 Å². The van der Waals surface area contributed by atoms with E-state index in [1.807, 2.05) is 36.4 Å². The predicted octanol–water partition coefficient (Wildman–Crippen LogP) is 3.36. The molecule has 0 aliphatic carbocycles. The lowest BCUT2D eigenvalue weighted by Crippen LogP contribution is -2.23. The standard InChI is InChI=1S/C25H22N4O4/c1-16-23(25(31)29(28(16)2)20-7-5-4-6-8-20)27-24(30)19(14-26)12-17-11-18-9-10-21(32-3)13-22(18)33-15-17/h4-13H,15H2,1-3H3,(H,27,30)/b19-12+. The molecule has 33 heavy (non-hydrogen) atoms. The molecule has 0 atom stereocenters. The molecule has 1 amide bonds. The number of benzene rings is 2. The van der Waals surface area contributed by atoms with Crippen LogP contribution in [0.1, 0.15) is 11.3 Å². The Kier molecular flexibility index (Phi) is 5.87. The van der Waals surface area contributed by atoms with E-state index in [0.717, 1.165) is 5.56 Å². The quantitative estimate of drug-likeness (QED) is 0.483. The van der Waals surface area contributed by atoms with Crippen LogP contribution in [0.4, 0.5) is 5.69 Å². The summed E-state index contributed by atoms with van der Waals surface area (Å²) in [4.78, 5) is 25.9. The number of rotatable bonds is 5. The minimum absolute atomic E-state index is 0.124. The third kappa shape index (κ3) is 4.16. The molecule has 1 aromatic heterocycles. The van der Waals surface area contributed by atoms with E-state index in [9.17, 15) is 14.9 Å². The van der Waals surface area contributed by atoms with Gasteiger partial charge in [0.05, 0.1) is 18.5 Å². The maximum atomic E-state index is 13.0. The minimum Gasteiger partial charge on any atom is -0.497 e. The average molecular weight is 442 g/mol. The highest BCUT2D eigenvalue weighted by molar-refractivity contribution is 6.07. The molecule has 0 saturated carbocycles. The van der Waals surface area contributed by atoms with Crippen molar-refractivity contribution in [2.75, 3.05) is 19.0 Å². The first-order valence-corrected chi connectivity index (χ1v) is 10.2. The Labute approximate surface area is 190 Å². The van der Waals surface area contributed by atoms with Gasteiger partial charge < -0.3 is 14.8 Å². The molecule has 1 aliphatic rings. The smallest absolute Gasteiger partial charge is 0.295 e. The molecule has 4 rings (SSSR count). The second-order valence-electron chi connectivity index (χ2n) is 7.47. The number of nitrogens with zero attached hydrogens (tertiary/aromatic N) is 3. The summed E-state index contributed by atoms with van der Waals surface area (Å²) in [5, 5.41) is 12.2. The van der Waals surface area contributed by atoms with E-state index in [0.29, 0.717) is 28.5 Å². The Bertz CT molecular complexity index is 1390. The Morgan fingerprint density at radius 3 is 2.70 bits per heavy atom. The summed E-state index contributed by atoms with van der Waals surface area (Å²) in [6.07, 6.45) is 3.32. The number of amides is 1. The topological polar surface area (TPSA) is 98.3 Å². The van der Waals surface area contributed by atoms with Gasteiger partial charge in [0.2, 0.25) is 0 Å². The maximum absolute atomic E-state index is 13.0. The lowest BCUT2D eigenvalue weighted by atomic mass is 10.0. The second-order valence-corrected chi connectivity index (χ2v) is 7.47. The highest BCUT2D eigenvalue weighted by atomic mass is 16.5. The first-order valence-electron chi connectivity index (χ1n) is 10.2. The number of ether oxygens (including phenoxy) is 2. The molecule has 0 bridgehead atoms. The molecule has 0 saturated heterocycles. The van der Waals surface area contributed by atoms with Crippen LogP contribution in [0.2, 0.25) is 0 Å². The summed E-state index contributed by atoms with van der Waals surface area (Å²) in [6, 6.07) is 16.5. The molecule has 2 aromatic carbocycles. The molecule has 0 spiro atoms. The van der Waals surface area contributed by atoms with E-state index in [1.165, 1.54) is 10.8 Å². The largest absolute Gasteiger partial charge is 0.497 e. The van der Waals surface area contributed by atoms with Gasteiger partial charge in [-0.25, -0.2) is 4.68 Å². The molecule has 8 nitrogen and oxygen atoms in total. The average Bonchev–Trinajstić information content (AvgIpc) is 3.05. The van der Waals surface area contributed by atoms with Crippen LogP contribution in [0.5, 0.6) is 11.5 Å². The summed E-state index contributed by atoms with van der Waals surface area (Å²) in [7, 11) is 3.31. The Hall–Kier alpha value is -4.51. The zero-order chi connectivity index (χ0) is 23.5.